The monoisotopic (exact) mass is 611 g/mol. The summed E-state index contributed by atoms with van der Waals surface area (Å²) in [5.41, 5.74) is 3.36. The van der Waals surface area contributed by atoms with Gasteiger partial charge in [-0.05, 0) is 80.7 Å². The van der Waals surface area contributed by atoms with Crippen LogP contribution in [0.1, 0.15) is 64.0 Å². The summed E-state index contributed by atoms with van der Waals surface area (Å²) in [7, 11) is -5.95. The Labute approximate surface area is 251 Å². The molecule has 0 unspecified atom stereocenters. The highest BCUT2D eigenvalue weighted by molar-refractivity contribution is 7.90. The van der Waals surface area contributed by atoms with E-state index in [0.29, 0.717) is 30.0 Å². The average molecular weight is 612 g/mol. The van der Waals surface area contributed by atoms with Crippen molar-refractivity contribution < 1.29 is 33.1 Å². The number of amides is 2. The van der Waals surface area contributed by atoms with Gasteiger partial charge >= 0.3 is 13.1 Å². The molecule has 5 rings (SSSR count). The zero-order valence-corrected chi connectivity index (χ0v) is 25.4. The fraction of sp³-hybridized carbons (Fsp3) is 0.483. The number of hydrogen-bond donors (Lipinski definition) is 5. The minimum Gasteiger partial charge on any atom is -0.474 e. The fourth-order valence-electron chi connectivity index (χ4n) is 5.58. The van der Waals surface area contributed by atoms with Gasteiger partial charge in [-0.15, -0.1) is 0 Å². The van der Waals surface area contributed by atoms with Crippen molar-refractivity contribution in [1.29, 1.82) is 0 Å². The number of nitrogens with zero attached hydrogens (tertiary/aromatic N) is 3. The van der Waals surface area contributed by atoms with Gasteiger partial charge in [0.05, 0.1) is 11.3 Å². The molecule has 0 aliphatic heterocycles. The Bertz CT molecular complexity index is 1600. The predicted molar refractivity (Wildman–Crippen MR) is 161 cm³/mol. The molecule has 12 nitrogen and oxygen atoms in total. The normalized spacial score (nSPS) is 20.4. The average Bonchev–Trinajstić information content (AvgIpc) is 3.60. The van der Waals surface area contributed by atoms with Crippen molar-refractivity contribution in [2.45, 2.75) is 94.3 Å². The topological polar surface area (TPSA) is 176 Å². The van der Waals surface area contributed by atoms with Crippen molar-refractivity contribution in [3.05, 3.63) is 53.9 Å². The number of hydrogen-bond acceptors (Lipinski definition) is 9. The first-order chi connectivity index (χ1) is 20.2. The van der Waals surface area contributed by atoms with Gasteiger partial charge in [0.2, 0.25) is 5.88 Å². The number of benzene rings is 1. The maximum Gasteiger partial charge on any atom is 0.459 e. The molecule has 2 aromatic heterocycles. The Morgan fingerprint density at radius 1 is 1.19 bits per heavy atom. The molecule has 1 aromatic carbocycles. The highest BCUT2D eigenvalue weighted by Gasteiger charge is 2.34. The number of rotatable bonds is 9. The Kier molecular flexibility index (Phi) is 8.58. The Morgan fingerprint density at radius 2 is 1.93 bits per heavy atom. The van der Waals surface area contributed by atoms with Crippen LogP contribution in [0.15, 0.2) is 47.8 Å². The number of carbonyl (C=O) groups is 1. The number of ether oxygens (including phenoxy) is 1. The zero-order chi connectivity index (χ0) is 31.0. The summed E-state index contributed by atoms with van der Waals surface area (Å²) >= 11 is 0. The lowest BCUT2D eigenvalue weighted by molar-refractivity contribution is -0.0117. The number of nitrogens with one attached hydrogen (secondary N) is 2. The van der Waals surface area contributed by atoms with Crippen molar-refractivity contribution in [3.63, 3.8) is 0 Å². The van der Waals surface area contributed by atoms with Crippen LogP contribution in [-0.2, 0) is 29.4 Å². The first-order valence-corrected chi connectivity index (χ1v) is 15.9. The van der Waals surface area contributed by atoms with Gasteiger partial charge in [-0.25, -0.2) is 14.5 Å². The lowest BCUT2D eigenvalue weighted by atomic mass is 9.60. The third-order valence-corrected chi connectivity index (χ3v) is 9.47. The van der Waals surface area contributed by atoms with E-state index in [4.69, 9.17) is 4.74 Å². The van der Waals surface area contributed by atoms with Crippen molar-refractivity contribution in [2.75, 3.05) is 5.32 Å². The molecule has 0 spiro atoms. The Balaban J connectivity index is 1.34. The summed E-state index contributed by atoms with van der Waals surface area (Å²) in [5, 5.41) is 34.8. The highest BCUT2D eigenvalue weighted by atomic mass is 32.2. The first-order valence-electron chi connectivity index (χ1n) is 14.5. The minimum atomic E-state index is -4.32. The number of urea groups is 1. The molecule has 0 atom stereocenters. The van der Waals surface area contributed by atoms with Crippen LogP contribution in [0.3, 0.4) is 0 Å². The van der Waals surface area contributed by atoms with Crippen molar-refractivity contribution in [1.82, 2.24) is 19.5 Å². The minimum absolute atomic E-state index is 0.0467. The van der Waals surface area contributed by atoms with Gasteiger partial charge in [0, 0.05) is 35.9 Å². The lowest BCUT2D eigenvalue weighted by Gasteiger charge is -2.32. The van der Waals surface area contributed by atoms with Crippen LogP contribution in [0.25, 0.3) is 11.1 Å². The number of aliphatic hydroxyl groups is 1. The Hall–Kier alpha value is -3.46. The van der Waals surface area contributed by atoms with Crippen LogP contribution < -0.4 is 14.8 Å². The molecule has 2 heterocycles. The number of sulfonamides is 1. The summed E-state index contributed by atoms with van der Waals surface area (Å²) in [6, 6.07) is 7.87. The summed E-state index contributed by atoms with van der Waals surface area (Å²) in [5.74, 6) is 0.440. The third-order valence-electron chi connectivity index (χ3n) is 8.25. The zero-order valence-electron chi connectivity index (χ0n) is 24.6. The van der Waals surface area contributed by atoms with Gasteiger partial charge in [-0.2, -0.15) is 13.5 Å². The maximum atomic E-state index is 13.1. The number of pyridine rings is 1. The number of carbonyl (C=O) groups excluding carboxylic acids is 1. The third kappa shape index (κ3) is 7.20. The van der Waals surface area contributed by atoms with E-state index in [0.717, 1.165) is 48.8 Å². The van der Waals surface area contributed by atoms with Gasteiger partial charge in [0.1, 0.15) is 6.10 Å². The van der Waals surface area contributed by atoms with Gasteiger partial charge in [0.25, 0.3) is 10.0 Å². The fourth-order valence-corrected chi connectivity index (χ4v) is 6.43. The van der Waals surface area contributed by atoms with E-state index in [-0.39, 0.29) is 17.7 Å². The van der Waals surface area contributed by atoms with Crippen molar-refractivity contribution in [3.8, 4) is 17.0 Å². The summed E-state index contributed by atoms with van der Waals surface area (Å²) in [6.07, 6.45) is 8.24. The van der Waals surface area contributed by atoms with Crippen LogP contribution in [0.4, 0.5) is 10.5 Å². The van der Waals surface area contributed by atoms with Crippen LogP contribution in [0.5, 0.6) is 5.88 Å². The SMILES string of the molecule is CC(C)(Cn1ccc(S(=O)(=O)NC(=O)Nc2c(-c3ccnc(O[C@H]4CC[C@@](C)(O)CC4)c3)ccc3c2CCC3)n1)B(O)O. The molecule has 5 N–H and O–H groups in total. The first kappa shape index (κ1) is 31.0. The largest absolute Gasteiger partial charge is 0.474 e. The summed E-state index contributed by atoms with van der Waals surface area (Å²) in [6.45, 7) is 5.10. The molecule has 0 bridgehead atoms. The smallest absolute Gasteiger partial charge is 0.459 e. The van der Waals surface area contributed by atoms with Gasteiger partial charge < -0.3 is 25.2 Å². The molecule has 2 aliphatic rings. The molecule has 3 aromatic rings. The standard InChI is InChI=1S/C29H38BN5O7S/c1-28(2,30(38)39)18-35-16-12-25(33-35)43(40,41)34-27(36)32-26-22-6-4-5-19(22)7-8-23(26)20-11-15-31-24(17-20)42-21-9-13-29(3,37)14-10-21/h7-8,11-12,15-17,21,37-39H,4-6,9-10,13-14,18H2,1-3H3,(H2,32,34,36)/t21-,29+. The quantitative estimate of drug-likeness (QED) is 0.227. The summed E-state index contributed by atoms with van der Waals surface area (Å²) in [4.78, 5) is 17.5. The van der Waals surface area contributed by atoms with E-state index in [1.54, 1.807) is 26.1 Å². The predicted octanol–water partition coefficient (Wildman–Crippen LogP) is 3.27. The Morgan fingerprint density at radius 3 is 2.65 bits per heavy atom. The van der Waals surface area contributed by atoms with E-state index >= 15 is 0 Å². The van der Waals surface area contributed by atoms with E-state index < -0.39 is 34.1 Å². The number of aromatic nitrogens is 3. The molecule has 14 heteroatoms. The van der Waals surface area contributed by atoms with Gasteiger partial charge in [0.15, 0.2) is 5.03 Å². The molecule has 2 amide bonds. The molecular formula is C29H38BN5O7S. The highest BCUT2D eigenvalue weighted by Crippen LogP contribution is 2.39. The van der Waals surface area contributed by atoms with Gasteiger partial charge in [-0.1, -0.05) is 26.0 Å². The molecule has 230 valence electrons. The number of fused-ring (bicyclic) bond motifs is 1. The van der Waals surface area contributed by atoms with Gasteiger partial charge in [-0.3, -0.25) is 4.68 Å². The second-order valence-electron chi connectivity index (χ2n) is 12.4. The van der Waals surface area contributed by atoms with E-state index in [1.165, 1.54) is 16.9 Å². The van der Waals surface area contributed by atoms with Crippen LogP contribution in [-0.4, -0.2) is 63.2 Å². The second kappa shape index (κ2) is 11.9. The van der Waals surface area contributed by atoms with E-state index in [2.05, 4.69) is 20.1 Å². The van der Waals surface area contributed by atoms with Crippen LogP contribution >= 0.6 is 0 Å². The summed E-state index contributed by atoms with van der Waals surface area (Å²) < 4.78 is 35.5. The molecule has 0 radical (unpaired) electrons. The van der Waals surface area contributed by atoms with Crippen molar-refractivity contribution >= 4 is 28.9 Å². The molecule has 1 saturated carbocycles. The molecule has 0 saturated heterocycles. The second-order valence-corrected chi connectivity index (χ2v) is 14.1. The van der Waals surface area contributed by atoms with Crippen LogP contribution in [0, 0.1) is 0 Å². The molecular weight excluding hydrogens is 573 g/mol. The van der Waals surface area contributed by atoms with E-state index in [1.807, 2.05) is 25.1 Å². The number of aryl methyl sites for hydroxylation is 1. The molecule has 1 fully saturated rings. The molecule has 43 heavy (non-hydrogen) atoms. The molecule has 2 aliphatic carbocycles. The number of anilines is 1. The van der Waals surface area contributed by atoms with E-state index in [9.17, 15) is 28.4 Å². The van der Waals surface area contributed by atoms with Crippen LogP contribution in [0.2, 0.25) is 5.31 Å². The maximum absolute atomic E-state index is 13.1. The van der Waals surface area contributed by atoms with Crippen molar-refractivity contribution in [2.24, 2.45) is 0 Å². The lowest BCUT2D eigenvalue weighted by Crippen LogP contribution is -2.35.